The van der Waals surface area contributed by atoms with Crippen molar-refractivity contribution >= 4 is 28.7 Å². The predicted molar refractivity (Wildman–Crippen MR) is 85.2 cm³/mol. The third-order valence-electron chi connectivity index (χ3n) is 4.94. The summed E-state index contributed by atoms with van der Waals surface area (Å²) in [6.45, 7) is 0. The van der Waals surface area contributed by atoms with Crippen LogP contribution < -0.4 is 5.32 Å². The molecule has 2 fully saturated rings. The molecule has 24 heavy (non-hydrogen) atoms. The SMILES string of the molecule is O=C(O)[C@H]1CC[C@H]2C(=O)N[C@@H](Cc3c[nH]c4ccccc34)C(=O)N12. The van der Waals surface area contributed by atoms with Crippen molar-refractivity contribution in [2.45, 2.75) is 37.4 Å². The fraction of sp³-hybridized carbons (Fsp3) is 0.353. The second kappa shape index (κ2) is 5.36. The first-order chi connectivity index (χ1) is 11.6. The van der Waals surface area contributed by atoms with Crippen molar-refractivity contribution in [3.05, 3.63) is 36.0 Å². The Morgan fingerprint density at radius 2 is 2.04 bits per heavy atom. The quantitative estimate of drug-likeness (QED) is 0.770. The van der Waals surface area contributed by atoms with Gasteiger partial charge in [-0.25, -0.2) is 4.79 Å². The summed E-state index contributed by atoms with van der Waals surface area (Å²) in [5.41, 5.74) is 1.89. The van der Waals surface area contributed by atoms with Crippen molar-refractivity contribution in [3.8, 4) is 0 Å². The number of benzene rings is 1. The van der Waals surface area contributed by atoms with Crippen LogP contribution in [0.25, 0.3) is 10.9 Å². The summed E-state index contributed by atoms with van der Waals surface area (Å²) in [7, 11) is 0. The third-order valence-corrected chi connectivity index (χ3v) is 4.94. The molecule has 3 atom stereocenters. The number of carbonyl (C=O) groups is 3. The van der Waals surface area contributed by atoms with Gasteiger partial charge in [-0.3, -0.25) is 9.59 Å². The Balaban J connectivity index is 1.63. The standard InChI is InChI=1S/C17H17N3O4/c21-15-13-5-6-14(17(23)24)20(13)16(22)12(19-15)7-9-8-18-11-4-2-1-3-10(9)11/h1-4,8,12-14,18H,5-7H2,(H,19,21)(H,23,24)/t12-,13-,14+/m0/s1. The van der Waals surface area contributed by atoms with Gasteiger partial charge < -0.3 is 20.3 Å². The van der Waals surface area contributed by atoms with Crippen molar-refractivity contribution in [1.29, 1.82) is 0 Å². The number of rotatable bonds is 3. The van der Waals surface area contributed by atoms with E-state index < -0.39 is 24.1 Å². The predicted octanol–water partition coefficient (Wildman–Crippen LogP) is 0.653. The molecule has 2 aliphatic rings. The number of H-pyrrole nitrogens is 1. The van der Waals surface area contributed by atoms with Crippen molar-refractivity contribution in [2.75, 3.05) is 0 Å². The van der Waals surface area contributed by atoms with Gasteiger partial charge in [0.15, 0.2) is 0 Å². The van der Waals surface area contributed by atoms with Gasteiger partial charge in [0.25, 0.3) is 0 Å². The minimum atomic E-state index is -1.05. The van der Waals surface area contributed by atoms with Crippen LogP contribution in [0, 0.1) is 0 Å². The Kier molecular flexibility index (Phi) is 3.30. The van der Waals surface area contributed by atoms with Crippen LogP contribution in [0.15, 0.2) is 30.5 Å². The minimum absolute atomic E-state index is 0.261. The van der Waals surface area contributed by atoms with E-state index in [1.54, 1.807) is 0 Å². The van der Waals surface area contributed by atoms with Crippen LogP contribution in [0.1, 0.15) is 18.4 Å². The normalized spacial score (nSPS) is 26.5. The molecule has 0 aliphatic carbocycles. The zero-order valence-electron chi connectivity index (χ0n) is 12.9. The monoisotopic (exact) mass is 327 g/mol. The van der Waals surface area contributed by atoms with Crippen LogP contribution >= 0.6 is 0 Å². The van der Waals surface area contributed by atoms with Gasteiger partial charge in [0.1, 0.15) is 18.1 Å². The van der Waals surface area contributed by atoms with E-state index >= 15 is 0 Å². The molecule has 0 unspecified atom stereocenters. The molecule has 1 aromatic heterocycles. The first-order valence-electron chi connectivity index (χ1n) is 7.96. The molecule has 7 heteroatoms. The highest BCUT2D eigenvalue weighted by Crippen LogP contribution is 2.29. The molecular weight excluding hydrogens is 310 g/mol. The van der Waals surface area contributed by atoms with Gasteiger partial charge in [-0.15, -0.1) is 0 Å². The summed E-state index contributed by atoms with van der Waals surface area (Å²) in [4.78, 5) is 40.8. The van der Waals surface area contributed by atoms with E-state index in [1.807, 2.05) is 30.5 Å². The van der Waals surface area contributed by atoms with E-state index in [0.29, 0.717) is 19.3 Å². The lowest BCUT2D eigenvalue weighted by atomic mass is 10.0. The number of para-hydroxylation sites is 1. The molecule has 4 rings (SSSR count). The smallest absolute Gasteiger partial charge is 0.326 e. The van der Waals surface area contributed by atoms with Crippen molar-refractivity contribution in [1.82, 2.24) is 15.2 Å². The second-order valence-electron chi connectivity index (χ2n) is 6.32. The summed E-state index contributed by atoms with van der Waals surface area (Å²) in [5, 5.41) is 13.1. The molecule has 0 radical (unpaired) electrons. The molecule has 2 saturated heterocycles. The molecule has 1 aromatic carbocycles. The number of carboxylic acids is 1. The molecule has 3 N–H and O–H groups in total. The fourth-order valence-electron chi connectivity index (χ4n) is 3.79. The van der Waals surface area contributed by atoms with Crippen LogP contribution in [0.3, 0.4) is 0 Å². The Bertz CT molecular complexity index is 837. The Hall–Kier alpha value is -2.83. The molecule has 2 amide bonds. The molecule has 2 aromatic rings. The number of piperazine rings is 1. The van der Waals surface area contributed by atoms with Gasteiger partial charge >= 0.3 is 5.97 Å². The molecule has 124 valence electrons. The third kappa shape index (κ3) is 2.16. The average Bonchev–Trinajstić information content (AvgIpc) is 3.17. The number of hydrogen-bond donors (Lipinski definition) is 3. The lowest BCUT2D eigenvalue weighted by Crippen LogP contribution is -2.64. The highest BCUT2D eigenvalue weighted by atomic mass is 16.4. The Labute approximate surface area is 137 Å². The summed E-state index contributed by atoms with van der Waals surface area (Å²) >= 11 is 0. The number of carbonyl (C=O) groups excluding carboxylic acids is 2. The fourth-order valence-corrected chi connectivity index (χ4v) is 3.79. The molecule has 0 bridgehead atoms. The van der Waals surface area contributed by atoms with Crippen LogP contribution in [0.4, 0.5) is 0 Å². The number of amides is 2. The number of aliphatic carboxylic acids is 1. The Morgan fingerprint density at radius 1 is 1.25 bits per heavy atom. The highest BCUT2D eigenvalue weighted by molar-refractivity contribution is 6.00. The van der Waals surface area contributed by atoms with Gasteiger partial charge in [-0.05, 0) is 24.5 Å². The van der Waals surface area contributed by atoms with Crippen LogP contribution in [-0.2, 0) is 20.8 Å². The van der Waals surface area contributed by atoms with E-state index in [0.717, 1.165) is 16.5 Å². The molecule has 2 aliphatic heterocycles. The number of nitrogens with one attached hydrogen (secondary N) is 2. The van der Waals surface area contributed by atoms with Gasteiger partial charge in [-0.1, -0.05) is 18.2 Å². The first kappa shape index (κ1) is 14.7. The summed E-state index contributed by atoms with van der Waals surface area (Å²) in [5.74, 6) is -1.62. The van der Waals surface area contributed by atoms with Crippen LogP contribution in [-0.4, -0.2) is 50.9 Å². The molecule has 0 saturated carbocycles. The summed E-state index contributed by atoms with van der Waals surface area (Å²) in [6, 6.07) is 5.44. The Morgan fingerprint density at radius 3 is 2.83 bits per heavy atom. The van der Waals surface area contributed by atoms with Crippen molar-refractivity contribution in [2.24, 2.45) is 0 Å². The maximum absolute atomic E-state index is 12.8. The maximum Gasteiger partial charge on any atom is 0.326 e. The first-order valence-corrected chi connectivity index (χ1v) is 7.96. The van der Waals surface area contributed by atoms with Crippen LogP contribution in [0.5, 0.6) is 0 Å². The van der Waals surface area contributed by atoms with E-state index in [-0.39, 0.29) is 11.8 Å². The molecule has 3 heterocycles. The van der Waals surface area contributed by atoms with E-state index in [2.05, 4.69) is 10.3 Å². The van der Waals surface area contributed by atoms with Gasteiger partial charge in [0.05, 0.1) is 0 Å². The van der Waals surface area contributed by atoms with Crippen LogP contribution in [0.2, 0.25) is 0 Å². The number of nitrogens with zero attached hydrogens (tertiary/aromatic N) is 1. The van der Waals surface area contributed by atoms with Gasteiger partial charge in [0, 0.05) is 23.5 Å². The zero-order chi connectivity index (χ0) is 16.8. The molecule has 7 nitrogen and oxygen atoms in total. The molecular formula is C17H17N3O4. The minimum Gasteiger partial charge on any atom is -0.480 e. The largest absolute Gasteiger partial charge is 0.480 e. The summed E-state index contributed by atoms with van der Waals surface area (Å²) < 4.78 is 0. The maximum atomic E-state index is 12.8. The number of hydrogen-bond acceptors (Lipinski definition) is 3. The van der Waals surface area contributed by atoms with E-state index in [9.17, 15) is 19.5 Å². The number of aromatic amines is 1. The van der Waals surface area contributed by atoms with Crippen molar-refractivity contribution < 1.29 is 19.5 Å². The van der Waals surface area contributed by atoms with Gasteiger partial charge in [0.2, 0.25) is 11.8 Å². The lowest BCUT2D eigenvalue weighted by Gasteiger charge is -2.36. The molecule has 0 spiro atoms. The second-order valence-corrected chi connectivity index (χ2v) is 6.32. The highest BCUT2D eigenvalue weighted by Gasteiger charge is 2.50. The van der Waals surface area contributed by atoms with Gasteiger partial charge in [-0.2, -0.15) is 0 Å². The number of carboxylic acid groups (broad SMARTS) is 1. The topological polar surface area (TPSA) is 102 Å². The summed E-state index contributed by atoms with van der Waals surface area (Å²) in [6.07, 6.45) is 2.88. The average molecular weight is 327 g/mol. The number of fused-ring (bicyclic) bond motifs is 2. The van der Waals surface area contributed by atoms with Crippen molar-refractivity contribution in [3.63, 3.8) is 0 Å². The number of aromatic nitrogens is 1. The lowest BCUT2D eigenvalue weighted by molar-refractivity contribution is -0.156. The van der Waals surface area contributed by atoms with E-state index in [4.69, 9.17) is 0 Å². The van der Waals surface area contributed by atoms with E-state index in [1.165, 1.54) is 4.90 Å². The zero-order valence-corrected chi connectivity index (χ0v) is 12.9.